The van der Waals surface area contributed by atoms with Gasteiger partial charge in [0, 0.05) is 31.9 Å². The molecule has 0 aliphatic rings. The van der Waals surface area contributed by atoms with Crippen molar-refractivity contribution in [2.45, 2.75) is 46.3 Å². The van der Waals surface area contributed by atoms with E-state index in [2.05, 4.69) is 15.5 Å². The van der Waals surface area contributed by atoms with Crippen LogP contribution in [-0.4, -0.2) is 25.5 Å². The molecule has 0 saturated carbocycles. The summed E-state index contributed by atoms with van der Waals surface area (Å²) < 4.78 is 3.68. The Balaban J connectivity index is 1.85. The minimum atomic E-state index is -0.0377. The van der Waals surface area contributed by atoms with E-state index in [9.17, 15) is 4.79 Å². The smallest absolute Gasteiger partial charge is 0.222 e. The number of aryl methyl sites for hydroxylation is 3. The van der Waals surface area contributed by atoms with Crippen molar-refractivity contribution in [1.29, 1.82) is 0 Å². The fourth-order valence-electron chi connectivity index (χ4n) is 2.17. The minimum Gasteiger partial charge on any atom is -0.348 e. The SMILES string of the molecule is CCn1nccc1C(C)NC(=O)CCn1ccc(C)n1. The number of nitrogens with zero attached hydrogens (tertiary/aromatic N) is 4. The van der Waals surface area contributed by atoms with Gasteiger partial charge < -0.3 is 5.32 Å². The number of hydrogen-bond donors (Lipinski definition) is 1. The van der Waals surface area contributed by atoms with Gasteiger partial charge in [0.05, 0.1) is 17.4 Å². The Bertz CT molecular complexity index is 572. The molecule has 1 amide bonds. The van der Waals surface area contributed by atoms with Crippen LogP contribution in [0.15, 0.2) is 24.5 Å². The van der Waals surface area contributed by atoms with Crippen LogP contribution in [-0.2, 0) is 17.9 Å². The molecule has 2 aromatic rings. The average molecular weight is 275 g/mol. The molecule has 0 aliphatic heterocycles. The Morgan fingerprint density at radius 2 is 2.25 bits per heavy atom. The van der Waals surface area contributed by atoms with Crippen LogP contribution in [0.3, 0.4) is 0 Å². The Morgan fingerprint density at radius 3 is 2.90 bits per heavy atom. The van der Waals surface area contributed by atoms with Crippen LogP contribution in [0.25, 0.3) is 0 Å². The van der Waals surface area contributed by atoms with Gasteiger partial charge in [0.15, 0.2) is 0 Å². The van der Waals surface area contributed by atoms with Gasteiger partial charge in [-0.05, 0) is 32.9 Å². The van der Waals surface area contributed by atoms with Crippen LogP contribution >= 0.6 is 0 Å². The molecule has 6 nitrogen and oxygen atoms in total. The highest BCUT2D eigenvalue weighted by atomic mass is 16.1. The quantitative estimate of drug-likeness (QED) is 0.872. The van der Waals surface area contributed by atoms with E-state index in [1.807, 2.05) is 43.8 Å². The summed E-state index contributed by atoms with van der Waals surface area (Å²) in [6.07, 6.45) is 4.07. The van der Waals surface area contributed by atoms with Crippen LogP contribution in [0.1, 0.15) is 37.7 Å². The fraction of sp³-hybridized carbons (Fsp3) is 0.500. The van der Waals surface area contributed by atoms with Crippen LogP contribution < -0.4 is 5.32 Å². The predicted molar refractivity (Wildman–Crippen MR) is 76.0 cm³/mol. The summed E-state index contributed by atoms with van der Waals surface area (Å²) in [7, 11) is 0. The van der Waals surface area contributed by atoms with E-state index < -0.39 is 0 Å². The molecule has 1 unspecified atom stereocenters. The van der Waals surface area contributed by atoms with E-state index in [0.717, 1.165) is 17.9 Å². The van der Waals surface area contributed by atoms with Crippen molar-refractivity contribution < 1.29 is 4.79 Å². The predicted octanol–water partition coefficient (Wildman–Crippen LogP) is 1.68. The first-order valence-electron chi connectivity index (χ1n) is 6.91. The van der Waals surface area contributed by atoms with Gasteiger partial charge in [-0.25, -0.2) is 0 Å². The second-order valence-electron chi connectivity index (χ2n) is 4.83. The summed E-state index contributed by atoms with van der Waals surface area (Å²) >= 11 is 0. The third-order valence-corrected chi connectivity index (χ3v) is 3.21. The lowest BCUT2D eigenvalue weighted by Gasteiger charge is -2.15. The lowest BCUT2D eigenvalue weighted by molar-refractivity contribution is -0.122. The van der Waals surface area contributed by atoms with Gasteiger partial charge in [0.2, 0.25) is 5.91 Å². The summed E-state index contributed by atoms with van der Waals surface area (Å²) in [6.45, 7) is 7.34. The Hall–Kier alpha value is -2.11. The maximum absolute atomic E-state index is 11.9. The van der Waals surface area contributed by atoms with Gasteiger partial charge in [-0.2, -0.15) is 10.2 Å². The monoisotopic (exact) mass is 275 g/mol. The molecule has 0 aliphatic carbocycles. The number of hydrogen-bond acceptors (Lipinski definition) is 3. The van der Waals surface area contributed by atoms with E-state index >= 15 is 0 Å². The van der Waals surface area contributed by atoms with Crippen molar-refractivity contribution in [1.82, 2.24) is 24.9 Å². The van der Waals surface area contributed by atoms with Crippen LogP contribution in [0.5, 0.6) is 0 Å². The molecule has 0 radical (unpaired) electrons. The highest BCUT2D eigenvalue weighted by Crippen LogP contribution is 2.11. The second kappa shape index (κ2) is 6.36. The minimum absolute atomic E-state index is 0.0227. The molecule has 1 atom stereocenters. The maximum atomic E-state index is 11.9. The van der Waals surface area contributed by atoms with Crippen LogP contribution in [0.4, 0.5) is 0 Å². The molecule has 2 heterocycles. The highest BCUT2D eigenvalue weighted by molar-refractivity contribution is 5.76. The zero-order valence-corrected chi connectivity index (χ0v) is 12.2. The van der Waals surface area contributed by atoms with E-state index in [-0.39, 0.29) is 11.9 Å². The van der Waals surface area contributed by atoms with E-state index in [1.165, 1.54) is 0 Å². The Morgan fingerprint density at radius 1 is 1.45 bits per heavy atom. The molecule has 0 bridgehead atoms. The molecule has 20 heavy (non-hydrogen) atoms. The molecular formula is C14H21N5O. The number of carbonyl (C=O) groups excluding carboxylic acids is 1. The zero-order chi connectivity index (χ0) is 14.5. The Labute approximate surface area is 118 Å². The third-order valence-electron chi connectivity index (χ3n) is 3.21. The van der Waals surface area contributed by atoms with Gasteiger partial charge in [-0.15, -0.1) is 0 Å². The standard InChI is InChI=1S/C14H21N5O/c1-4-19-13(5-8-15-19)12(3)16-14(20)7-10-18-9-6-11(2)17-18/h5-6,8-9,12H,4,7,10H2,1-3H3,(H,16,20). The fourth-order valence-corrected chi connectivity index (χ4v) is 2.17. The van der Waals surface area contributed by atoms with Crippen molar-refractivity contribution in [2.24, 2.45) is 0 Å². The average Bonchev–Trinajstić information content (AvgIpc) is 3.04. The zero-order valence-electron chi connectivity index (χ0n) is 12.2. The number of nitrogens with one attached hydrogen (secondary N) is 1. The van der Waals surface area contributed by atoms with Crippen LogP contribution in [0, 0.1) is 6.92 Å². The van der Waals surface area contributed by atoms with Gasteiger partial charge in [0.25, 0.3) is 0 Å². The highest BCUT2D eigenvalue weighted by Gasteiger charge is 2.13. The number of rotatable bonds is 6. The number of amides is 1. The van der Waals surface area contributed by atoms with E-state index in [4.69, 9.17) is 0 Å². The van der Waals surface area contributed by atoms with E-state index in [1.54, 1.807) is 10.9 Å². The number of aromatic nitrogens is 4. The molecule has 0 aromatic carbocycles. The first-order chi connectivity index (χ1) is 9.60. The summed E-state index contributed by atoms with van der Waals surface area (Å²) in [6, 6.07) is 3.83. The lowest BCUT2D eigenvalue weighted by Crippen LogP contribution is -2.29. The normalized spacial score (nSPS) is 12.3. The largest absolute Gasteiger partial charge is 0.348 e. The van der Waals surface area contributed by atoms with Crippen molar-refractivity contribution >= 4 is 5.91 Å². The van der Waals surface area contributed by atoms with Crippen LogP contribution in [0.2, 0.25) is 0 Å². The summed E-state index contributed by atoms with van der Waals surface area (Å²) in [4.78, 5) is 11.9. The first kappa shape index (κ1) is 14.3. The van der Waals surface area contributed by atoms with Crippen molar-refractivity contribution in [3.8, 4) is 0 Å². The van der Waals surface area contributed by atoms with Crippen molar-refractivity contribution in [3.05, 3.63) is 35.9 Å². The second-order valence-corrected chi connectivity index (χ2v) is 4.83. The molecule has 6 heteroatoms. The molecule has 0 saturated heterocycles. The van der Waals surface area contributed by atoms with Gasteiger partial charge in [-0.1, -0.05) is 0 Å². The third kappa shape index (κ3) is 3.46. The van der Waals surface area contributed by atoms with Gasteiger partial charge in [-0.3, -0.25) is 14.2 Å². The molecular weight excluding hydrogens is 254 g/mol. The molecule has 108 valence electrons. The van der Waals surface area contributed by atoms with E-state index in [0.29, 0.717) is 13.0 Å². The summed E-state index contributed by atoms with van der Waals surface area (Å²) in [5.41, 5.74) is 1.99. The summed E-state index contributed by atoms with van der Waals surface area (Å²) in [5, 5.41) is 11.5. The topological polar surface area (TPSA) is 64.7 Å². The molecule has 0 fully saturated rings. The van der Waals surface area contributed by atoms with Gasteiger partial charge >= 0.3 is 0 Å². The number of carbonyl (C=O) groups is 1. The first-order valence-corrected chi connectivity index (χ1v) is 6.91. The molecule has 2 rings (SSSR count). The van der Waals surface area contributed by atoms with Crippen molar-refractivity contribution in [2.75, 3.05) is 0 Å². The molecule has 2 aromatic heterocycles. The van der Waals surface area contributed by atoms with Crippen molar-refractivity contribution in [3.63, 3.8) is 0 Å². The molecule has 0 spiro atoms. The molecule has 1 N–H and O–H groups in total. The maximum Gasteiger partial charge on any atom is 0.222 e. The Kier molecular flexibility index (Phi) is 4.55. The lowest BCUT2D eigenvalue weighted by atomic mass is 10.2. The summed E-state index contributed by atoms with van der Waals surface area (Å²) in [5.74, 6) is 0.0227. The van der Waals surface area contributed by atoms with Gasteiger partial charge in [0.1, 0.15) is 0 Å².